The first-order chi connectivity index (χ1) is 14.7. The Hall–Kier alpha value is -2.57. The molecule has 0 aromatic carbocycles. The van der Waals surface area contributed by atoms with E-state index in [1.165, 1.54) is 4.90 Å². The average molecular weight is 441 g/mol. The van der Waals surface area contributed by atoms with Gasteiger partial charge in [-0.3, -0.25) is 43.6 Å². The van der Waals surface area contributed by atoms with Crippen LogP contribution in [0.2, 0.25) is 0 Å². The number of hydrogen-bond donors (Lipinski definition) is 3. The molecule has 1 atom stereocenters. The Morgan fingerprint density at radius 1 is 0.871 bits per heavy atom. The summed E-state index contributed by atoms with van der Waals surface area (Å²) in [5, 5.41) is 20.9. The molecule has 3 amide bonds. The number of imide groups is 1. The first-order valence-electron chi connectivity index (χ1n) is 10.4. The van der Waals surface area contributed by atoms with Gasteiger partial charge in [0.1, 0.15) is 0 Å². The third-order valence-electron chi connectivity index (χ3n) is 5.41. The van der Waals surface area contributed by atoms with E-state index in [1.807, 2.05) is 4.90 Å². The van der Waals surface area contributed by atoms with Gasteiger partial charge in [-0.05, 0) is 0 Å². The highest BCUT2D eigenvalue weighted by atomic mass is 16.4. The van der Waals surface area contributed by atoms with Gasteiger partial charge in [0.05, 0.1) is 19.6 Å². The number of rotatable bonds is 9. The van der Waals surface area contributed by atoms with Gasteiger partial charge in [-0.1, -0.05) is 6.92 Å². The summed E-state index contributed by atoms with van der Waals surface area (Å²) in [6, 6.07) is 0. The number of amides is 3. The van der Waals surface area contributed by atoms with Crippen LogP contribution in [0.15, 0.2) is 0 Å². The van der Waals surface area contributed by atoms with E-state index in [4.69, 9.17) is 10.2 Å². The lowest BCUT2D eigenvalue weighted by atomic mass is 10.1. The minimum Gasteiger partial charge on any atom is -0.480 e. The molecule has 174 valence electrons. The van der Waals surface area contributed by atoms with Gasteiger partial charge < -0.3 is 15.5 Å². The standard InChI is InChI=1S/C19H31N5O7/c1-14-10-16(26)24(19(14)31)3-2-20-15(25)11-21-4-6-22(12-17(27)28)8-9-23(7-5-21)13-18(29)30/h14H,2-13H2,1H3,(H,20,25)(H,27,28)(H,29,30). The number of nitrogens with zero attached hydrogens (tertiary/aromatic N) is 4. The quantitative estimate of drug-likeness (QED) is 0.330. The number of carboxylic acid groups (broad SMARTS) is 2. The lowest BCUT2D eigenvalue weighted by molar-refractivity contribution is -0.140. The van der Waals surface area contributed by atoms with Crippen molar-refractivity contribution in [2.45, 2.75) is 13.3 Å². The zero-order valence-electron chi connectivity index (χ0n) is 17.8. The SMILES string of the molecule is CC1CC(=O)N(CCNC(=O)CN2CCN(CC(=O)O)CCN(CC(=O)O)CC2)C1=O. The van der Waals surface area contributed by atoms with Gasteiger partial charge in [-0.15, -0.1) is 0 Å². The number of likely N-dealkylation sites (tertiary alicyclic amines) is 1. The summed E-state index contributed by atoms with van der Waals surface area (Å²) in [5.41, 5.74) is 0. The minimum absolute atomic E-state index is 0.0557. The maximum absolute atomic E-state index is 12.4. The van der Waals surface area contributed by atoms with E-state index in [0.29, 0.717) is 39.3 Å². The van der Waals surface area contributed by atoms with Gasteiger partial charge in [-0.2, -0.15) is 0 Å². The second kappa shape index (κ2) is 11.7. The van der Waals surface area contributed by atoms with Crippen molar-refractivity contribution < 1.29 is 34.2 Å². The van der Waals surface area contributed by atoms with Gasteiger partial charge in [0.25, 0.3) is 0 Å². The summed E-state index contributed by atoms with van der Waals surface area (Å²) in [7, 11) is 0. The predicted molar refractivity (Wildman–Crippen MR) is 108 cm³/mol. The Morgan fingerprint density at radius 3 is 1.71 bits per heavy atom. The Morgan fingerprint density at radius 2 is 1.32 bits per heavy atom. The predicted octanol–water partition coefficient (Wildman–Crippen LogP) is -2.41. The molecular formula is C19H31N5O7. The molecule has 0 spiro atoms. The molecule has 0 aromatic heterocycles. The second-order valence-electron chi connectivity index (χ2n) is 7.95. The van der Waals surface area contributed by atoms with E-state index < -0.39 is 11.9 Å². The van der Waals surface area contributed by atoms with E-state index in [-0.39, 0.29) is 62.8 Å². The van der Waals surface area contributed by atoms with Crippen LogP contribution in [0.5, 0.6) is 0 Å². The van der Waals surface area contributed by atoms with Crippen LogP contribution in [-0.4, -0.2) is 131 Å². The minimum atomic E-state index is -0.964. The first-order valence-corrected chi connectivity index (χ1v) is 10.4. The third-order valence-corrected chi connectivity index (χ3v) is 5.41. The number of carbonyl (C=O) groups excluding carboxylic acids is 3. The topological polar surface area (TPSA) is 151 Å². The highest BCUT2D eigenvalue weighted by molar-refractivity contribution is 6.03. The molecule has 2 aliphatic heterocycles. The van der Waals surface area contributed by atoms with Crippen LogP contribution in [-0.2, 0) is 24.0 Å². The molecule has 0 aliphatic carbocycles. The molecule has 2 saturated heterocycles. The van der Waals surface area contributed by atoms with E-state index in [2.05, 4.69) is 5.32 Å². The van der Waals surface area contributed by atoms with Crippen molar-refractivity contribution in [1.82, 2.24) is 24.9 Å². The molecular weight excluding hydrogens is 410 g/mol. The Balaban J connectivity index is 1.86. The molecule has 0 radical (unpaired) electrons. The molecule has 2 fully saturated rings. The van der Waals surface area contributed by atoms with Crippen LogP contribution in [0, 0.1) is 5.92 Å². The van der Waals surface area contributed by atoms with Crippen molar-refractivity contribution in [3.05, 3.63) is 0 Å². The lowest BCUT2D eigenvalue weighted by Gasteiger charge is -2.24. The molecule has 0 saturated carbocycles. The largest absolute Gasteiger partial charge is 0.480 e. The summed E-state index contributed by atoms with van der Waals surface area (Å²) >= 11 is 0. The number of hydrogen-bond acceptors (Lipinski definition) is 8. The first kappa shape index (κ1) is 24.7. The maximum Gasteiger partial charge on any atom is 0.317 e. The van der Waals surface area contributed by atoms with E-state index >= 15 is 0 Å². The molecule has 12 nitrogen and oxygen atoms in total. The Bertz CT molecular complexity index is 673. The monoisotopic (exact) mass is 441 g/mol. The van der Waals surface area contributed by atoms with Crippen molar-refractivity contribution >= 4 is 29.7 Å². The van der Waals surface area contributed by atoms with Crippen LogP contribution in [0.4, 0.5) is 0 Å². The van der Waals surface area contributed by atoms with Crippen LogP contribution in [0.3, 0.4) is 0 Å². The van der Waals surface area contributed by atoms with Crippen molar-refractivity contribution in [2.24, 2.45) is 5.92 Å². The van der Waals surface area contributed by atoms with Crippen LogP contribution in [0.1, 0.15) is 13.3 Å². The van der Waals surface area contributed by atoms with Crippen LogP contribution < -0.4 is 5.32 Å². The average Bonchev–Trinajstić information content (AvgIpc) is 2.96. The zero-order valence-corrected chi connectivity index (χ0v) is 17.8. The Labute approximate surface area is 180 Å². The Kier molecular flexibility index (Phi) is 9.34. The van der Waals surface area contributed by atoms with Crippen molar-refractivity contribution in [3.8, 4) is 0 Å². The smallest absolute Gasteiger partial charge is 0.317 e. The number of aliphatic carboxylic acids is 2. The fourth-order valence-corrected chi connectivity index (χ4v) is 3.69. The van der Waals surface area contributed by atoms with Crippen molar-refractivity contribution in [1.29, 1.82) is 0 Å². The molecule has 0 bridgehead atoms. The molecule has 31 heavy (non-hydrogen) atoms. The summed E-state index contributed by atoms with van der Waals surface area (Å²) < 4.78 is 0. The summed E-state index contributed by atoms with van der Waals surface area (Å²) in [6.45, 7) is 4.39. The van der Waals surface area contributed by atoms with Gasteiger partial charge in [0.15, 0.2) is 0 Å². The van der Waals surface area contributed by atoms with Gasteiger partial charge in [-0.25, -0.2) is 0 Å². The van der Waals surface area contributed by atoms with E-state index in [9.17, 15) is 24.0 Å². The fourth-order valence-electron chi connectivity index (χ4n) is 3.69. The third kappa shape index (κ3) is 8.23. The highest BCUT2D eigenvalue weighted by Crippen LogP contribution is 2.17. The maximum atomic E-state index is 12.4. The number of nitrogens with one attached hydrogen (secondary N) is 1. The normalized spacial score (nSPS) is 22.1. The summed E-state index contributed by atoms with van der Waals surface area (Å²) in [4.78, 5) is 64.7. The number of carbonyl (C=O) groups is 5. The van der Waals surface area contributed by atoms with Crippen molar-refractivity contribution in [3.63, 3.8) is 0 Å². The summed E-state index contributed by atoms with van der Waals surface area (Å²) in [6.07, 6.45) is 0.195. The molecule has 2 rings (SSSR count). The molecule has 1 unspecified atom stereocenters. The highest BCUT2D eigenvalue weighted by Gasteiger charge is 2.35. The van der Waals surface area contributed by atoms with Crippen LogP contribution in [0.25, 0.3) is 0 Å². The lowest BCUT2D eigenvalue weighted by Crippen LogP contribution is -2.45. The molecule has 12 heteroatoms. The van der Waals surface area contributed by atoms with E-state index in [0.717, 1.165) is 0 Å². The summed E-state index contributed by atoms with van der Waals surface area (Å²) in [5.74, 6) is -2.99. The van der Waals surface area contributed by atoms with Gasteiger partial charge in [0.2, 0.25) is 17.7 Å². The van der Waals surface area contributed by atoms with E-state index in [1.54, 1.807) is 16.7 Å². The van der Waals surface area contributed by atoms with Crippen molar-refractivity contribution in [2.75, 3.05) is 72.0 Å². The number of carboxylic acids is 2. The second-order valence-corrected chi connectivity index (χ2v) is 7.95. The van der Waals surface area contributed by atoms with Gasteiger partial charge in [0, 0.05) is 64.7 Å². The molecule has 2 aliphatic rings. The fraction of sp³-hybridized carbons (Fsp3) is 0.737. The zero-order chi connectivity index (χ0) is 23.0. The molecule has 0 aromatic rings. The molecule has 2 heterocycles. The van der Waals surface area contributed by atoms with Crippen LogP contribution >= 0.6 is 0 Å². The van der Waals surface area contributed by atoms with Gasteiger partial charge >= 0.3 is 11.9 Å². The molecule has 3 N–H and O–H groups in total.